The fourth-order valence-corrected chi connectivity index (χ4v) is 9.12. The van der Waals surface area contributed by atoms with E-state index in [1.807, 2.05) is 35.6 Å². The quantitative estimate of drug-likeness (QED) is 0.177. The molecule has 0 saturated carbocycles. The highest BCUT2D eigenvalue weighted by Gasteiger charge is 2.36. The molecular weight excluding hydrogens is 635 g/mol. The zero-order valence-electron chi connectivity index (χ0n) is 26.5. The maximum atomic E-state index is 13.5. The summed E-state index contributed by atoms with van der Waals surface area (Å²) in [5.74, 6) is -0.599. The van der Waals surface area contributed by atoms with Crippen molar-refractivity contribution >= 4 is 92.6 Å². The molecule has 0 unspecified atom stereocenters. The average Bonchev–Trinajstić information content (AvgIpc) is 3.87. The summed E-state index contributed by atoms with van der Waals surface area (Å²) in [6, 6.07) is 51.9. The highest BCUT2D eigenvalue weighted by molar-refractivity contribution is 7.25. The number of carbonyl (C=O) groups is 2. The van der Waals surface area contributed by atoms with Crippen LogP contribution in [0.1, 0.15) is 20.7 Å². The molecule has 6 heteroatoms. The van der Waals surface area contributed by atoms with Gasteiger partial charge in [0, 0.05) is 53.1 Å². The molecule has 234 valence electrons. The van der Waals surface area contributed by atoms with Crippen LogP contribution in [0.25, 0.3) is 75.2 Å². The summed E-state index contributed by atoms with van der Waals surface area (Å²) in [4.78, 5) is 28.2. The number of thiophene rings is 1. The smallest absolute Gasteiger partial charge is 0.266 e. The maximum absolute atomic E-state index is 13.5. The Bertz CT molecular complexity index is 3070. The Hall–Kier alpha value is -6.50. The van der Waals surface area contributed by atoms with Crippen LogP contribution < -0.4 is 4.90 Å². The monoisotopic (exact) mass is 659 g/mol. The number of hydrogen-bond acceptors (Lipinski definition) is 3. The second kappa shape index (κ2) is 10.0. The van der Waals surface area contributed by atoms with Crippen molar-refractivity contribution in [2.24, 2.45) is 0 Å². The summed E-state index contributed by atoms with van der Waals surface area (Å²) in [7, 11) is 0. The molecule has 0 saturated heterocycles. The molecule has 4 heterocycles. The van der Waals surface area contributed by atoms with Crippen molar-refractivity contribution in [2.75, 3.05) is 4.90 Å². The first-order chi connectivity index (χ1) is 24.6. The third-order valence-corrected chi connectivity index (χ3v) is 11.4. The van der Waals surface area contributed by atoms with Crippen LogP contribution in [0, 0.1) is 0 Å². The second-order valence-corrected chi connectivity index (χ2v) is 14.0. The van der Waals surface area contributed by atoms with Crippen molar-refractivity contribution in [3.8, 4) is 11.4 Å². The number of aromatic nitrogens is 2. The number of fused-ring (bicyclic) bond motifs is 10. The summed E-state index contributed by atoms with van der Waals surface area (Å²) < 4.78 is 7.20. The molecule has 0 N–H and O–H groups in total. The van der Waals surface area contributed by atoms with Gasteiger partial charge >= 0.3 is 0 Å². The van der Waals surface area contributed by atoms with Crippen LogP contribution in [-0.2, 0) is 0 Å². The lowest BCUT2D eigenvalue weighted by molar-refractivity contribution is 0.0926. The molecule has 11 rings (SSSR count). The average molecular weight is 660 g/mol. The molecule has 0 spiro atoms. The minimum atomic E-state index is -0.299. The van der Waals surface area contributed by atoms with Gasteiger partial charge in [0.15, 0.2) is 0 Å². The van der Waals surface area contributed by atoms with Gasteiger partial charge in [0.1, 0.15) is 0 Å². The molecule has 0 fully saturated rings. The van der Waals surface area contributed by atoms with E-state index in [1.165, 1.54) is 35.8 Å². The zero-order valence-corrected chi connectivity index (χ0v) is 27.3. The summed E-state index contributed by atoms with van der Waals surface area (Å²) in [5.41, 5.74) is 7.76. The lowest BCUT2D eigenvalue weighted by atomic mass is 10.1. The molecule has 1 aliphatic heterocycles. The van der Waals surface area contributed by atoms with Crippen LogP contribution in [0.4, 0.5) is 5.69 Å². The van der Waals surface area contributed by atoms with Crippen molar-refractivity contribution < 1.29 is 9.59 Å². The van der Waals surface area contributed by atoms with Crippen molar-refractivity contribution in [3.05, 3.63) is 163 Å². The second-order valence-electron chi connectivity index (χ2n) is 12.9. The molecule has 0 bridgehead atoms. The molecule has 0 radical (unpaired) electrons. The molecule has 50 heavy (non-hydrogen) atoms. The minimum Gasteiger partial charge on any atom is -0.309 e. The fraction of sp³-hybridized carbons (Fsp3) is 0. The molecule has 7 aromatic carbocycles. The number of hydrogen-bond donors (Lipinski definition) is 0. The van der Waals surface area contributed by atoms with Crippen molar-refractivity contribution in [3.63, 3.8) is 0 Å². The van der Waals surface area contributed by atoms with Crippen molar-refractivity contribution in [2.45, 2.75) is 0 Å². The van der Waals surface area contributed by atoms with Crippen LogP contribution >= 0.6 is 11.3 Å². The third-order valence-electron chi connectivity index (χ3n) is 10.2. The summed E-state index contributed by atoms with van der Waals surface area (Å²) >= 11 is 1.83. The van der Waals surface area contributed by atoms with Crippen molar-refractivity contribution in [1.29, 1.82) is 0 Å². The van der Waals surface area contributed by atoms with Gasteiger partial charge in [0.05, 0.1) is 38.9 Å². The van der Waals surface area contributed by atoms with E-state index in [9.17, 15) is 9.59 Å². The SMILES string of the molecule is O=C1c2ccccc2C(=O)N1c1cccc(-n2c3ccccc3c3cc4c5ccccc5n(-c5ccc6sc7ccccc7c6c5)c4cc32)c1. The van der Waals surface area contributed by atoms with Gasteiger partial charge in [-0.15, -0.1) is 11.3 Å². The molecular formula is C44H25N3O2S. The van der Waals surface area contributed by atoms with Gasteiger partial charge in [-0.3, -0.25) is 9.59 Å². The number of amides is 2. The normalized spacial score (nSPS) is 13.2. The van der Waals surface area contributed by atoms with Crippen LogP contribution in [-0.4, -0.2) is 20.9 Å². The molecule has 1 aliphatic rings. The standard InChI is InChI=1S/C44H25N3O2S/c48-43-32-15-1-2-16-33(32)44(49)47(43)27-11-9-10-26(22-27)45-37-17-6-3-12-29(37)34-24-35-30-13-4-7-18-38(30)46(40(35)25-39(34)45)28-20-21-42-36(23-28)31-14-5-8-19-41(31)50-42/h1-25H. The Morgan fingerprint density at radius 3 is 1.58 bits per heavy atom. The number of para-hydroxylation sites is 2. The summed E-state index contributed by atoms with van der Waals surface area (Å²) in [6.07, 6.45) is 0. The van der Waals surface area contributed by atoms with Crippen LogP contribution in [0.2, 0.25) is 0 Å². The number of rotatable bonds is 3. The lowest BCUT2D eigenvalue weighted by Crippen LogP contribution is -2.29. The fourth-order valence-electron chi connectivity index (χ4n) is 8.04. The van der Waals surface area contributed by atoms with Gasteiger partial charge in [0.2, 0.25) is 0 Å². The van der Waals surface area contributed by atoms with Gasteiger partial charge in [-0.2, -0.15) is 0 Å². The molecule has 3 aromatic heterocycles. The predicted molar refractivity (Wildman–Crippen MR) is 206 cm³/mol. The minimum absolute atomic E-state index is 0.299. The number of benzene rings is 7. The number of nitrogens with zero attached hydrogens (tertiary/aromatic N) is 3. The Morgan fingerprint density at radius 1 is 0.360 bits per heavy atom. The Kier molecular flexibility index (Phi) is 5.50. The molecule has 5 nitrogen and oxygen atoms in total. The van der Waals surface area contributed by atoms with E-state index < -0.39 is 0 Å². The highest BCUT2D eigenvalue weighted by atomic mass is 32.1. The predicted octanol–water partition coefficient (Wildman–Crippen LogP) is 11.0. The van der Waals surface area contributed by atoms with Gasteiger partial charge in [-0.25, -0.2) is 4.90 Å². The lowest BCUT2D eigenvalue weighted by Gasteiger charge is -2.16. The highest BCUT2D eigenvalue weighted by Crippen LogP contribution is 2.42. The number of anilines is 1. The first-order valence-electron chi connectivity index (χ1n) is 16.6. The van der Waals surface area contributed by atoms with Crippen molar-refractivity contribution in [1.82, 2.24) is 9.13 Å². The first kappa shape index (κ1) is 27.5. The molecule has 0 aliphatic carbocycles. The van der Waals surface area contributed by atoms with Gasteiger partial charge < -0.3 is 9.13 Å². The van der Waals surface area contributed by atoms with E-state index in [0.29, 0.717) is 16.8 Å². The van der Waals surface area contributed by atoms with Crippen LogP contribution in [0.5, 0.6) is 0 Å². The van der Waals surface area contributed by atoms with E-state index in [4.69, 9.17) is 0 Å². The summed E-state index contributed by atoms with van der Waals surface area (Å²) in [6.45, 7) is 0. The van der Waals surface area contributed by atoms with Crippen LogP contribution in [0.3, 0.4) is 0 Å². The Morgan fingerprint density at radius 2 is 0.900 bits per heavy atom. The Balaban J connectivity index is 1.18. The molecule has 10 aromatic rings. The van der Waals surface area contributed by atoms with E-state index in [0.717, 1.165) is 44.2 Å². The zero-order chi connectivity index (χ0) is 33.1. The van der Waals surface area contributed by atoms with E-state index in [2.05, 4.69) is 112 Å². The van der Waals surface area contributed by atoms with Gasteiger partial charge in [-0.05, 0) is 78.9 Å². The molecule has 2 amide bonds. The van der Waals surface area contributed by atoms with E-state index in [-0.39, 0.29) is 11.8 Å². The Labute approximate surface area is 289 Å². The van der Waals surface area contributed by atoms with E-state index >= 15 is 0 Å². The number of imide groups is 1. The van der Waals surface area contributed by atoms with Gasteiger partial charge in [-0.1, -0.05) is 72.8 Å². The third kappa shape index (κ3) is 3.65. The first-order valence-corrected chi connectivity index (χ1v) is 17.4. The topological polar surface area (TPSA) is 47.2 Å². The maximum Gasteiger partial charge on any atom is 0.266 e. The number of carbonyl (C=O) groups excluding carboxylic acids is 2. The van der Waals surface area contributed by atoms with Crippen LogP contribution in [0.15, 0.2) is 152 Å². The molecule has 0 atom stereocenters. The van der Waals surface area contributed by atoms with E-state index in [1.54, 1.807) is 24.3 Å². The summed E-state index contributed by atoms with van der Waals surface area (Å²) in [5, 5.41) is 7.19. The van der Waals surface area contributed by atoms with Gasteiger partial charge in [0.25, 0.3) is 11.8 Å². The largest absolute Gasteiger partial charge is 0.309 e.